The van der Waals surface area contributed by atoms with Gasteiger partial charge in [0.25, 0.3) is 0 Å². The molecule has 17 heavy (non-hydrogen) atoms. The van der Waals surface area contributed by atoms with Gasteiger partial charge in [0.05, 0.1) is 13.2 Å². The third kappa shape index (κ3) is 5.88. The fourth-order valence-corrected chi connectivity index (χ4v) is 1.29. The first-order valence-electron chi connectivity index (χ1n) is 5.39. The lowest BCUT2D eigenvalue weighted by Crippen LogP contribution is -2.32. The van der Waals surface area contributed by atoms with E-state index in [4.69, 9.17) is 5.11 Å². The Balaban J connectivity index is 2.02. The molecule has 4 nitrogen and oxygen atoms in total. The van der Waals surface area contributed by atoms with Crippen LogP contribution in [0.5, 0.6) is 0 Å². The highest BCUT2D eigenvalue weighted by Gasteiger charge is 2.41. The summed E-state index contributed by atoms with van der Waals surface area (Å²) in [5, 5.41) is 11.5. The van der Waals surface area contributed by atoms with Crippen molar-refractivity contribution in [1.82, 2.24) is 5.32 Å². The SMILES string of the molecule is O=C(CCOCC(F)(F)F)NCC1(CO)CC1. The first-order chi connectivity index (χ1) is 7.87. The van der Waals surface area contributed by atoms with Gasteiger partial charge in [-0.15, -0.1) is 0 Å². The molecule has 0 atom stereocenters. The van der Waals surface area contributed by atoms with Gasteiger partial charge in [0.1, 0.15) is 6.61 Å². The molecular formula is C10H16F3NO3. The van der Waals surface area contributed by atoms with Gasteiger partial charge in [0.15, 0.2) is 0 Å². The first kappa shape index (κ1) is 14.2. The Kier molecular flexibility index (Phi) is 4.76. The Morgan fingerprint density at radius 3 is 2.53 bits per heavy atom. The fraction of sp³-hybridized carbons (Fsp3) is 0.900. The van der Waals surface area contributed by atoms with Crippen LogP contribution in [0.4, 0.5) is 13.2 Å². The highest BCUT2D eigenvalue weighted by molar-refractivity contribution is 5.76. The molecule has 1 aliphatic carbocycles. The van der Waals surface area contributed by atoms with Crippen molar-refractivity contribution < 1.29 is 27.8 Å². The van der Waals surface area contributed by atoms with Crippen molar-refractivity contribution in [2.24, 2.45) is 5.41 Å². The van der Waals surface area contributed by atoms with Crippen LogP contribution in [0.3, 0.4) is 0 Å². The highest BCUT2D eigenvalue weighted by atomic mass is 19.4. The van der Waals surface area contributed by atoms with Crippen LogP contribution in [0, 0.1) is 5.41 Å². The molecular weight excluding hydrogens is 239 g/mol. The minimum absolute atomic E-state index is 0.0256. The summed E-state index contributed by atoms with van der Waals surface area (Å²) >= 11 is 0. The third-order valence-electron chi connectivity index (χ3n) is 2.69. The number of aliphatic hydroxyl groups excluding tert-OH is 1. The quantitative estimate of drug-likeness (QED) is 0.663. The number of aliphatic hydroxyl groups is 1. The predicted molar refractivity (Wildman–Crippen MR) is 53.3 cm³/mol. The standard InChI is InChI=1S/C10H16F3NO3/c11-10(12,13)7-17-4-1-8(16)14-5-9(6-15)2-3-9/h15H,1-7H2,(H,14,16). The molecule has 1 aliphatic rings. The summed E-state index contributed by atoms with van der Waals surface area (Å²) in [6, 6.07) is 0. The van der Waals surface area contributed by atoms with Gasteiger partial charge >= 0.3 is 6.18 Å². The first-order valence-corrected chi connectivity index (χ1v) is 5.39. The molecule has 1 amide bonds. The fourth-order valence-electron chi connectivity index (χ4n) is 1.29. The number of alkyl halides is 3. The molecule has 1 rings (SSSR count). The average molecular weight is 255 g/mol. The lowest BCUT2D eigenvalue weighted by Gasteiger charge is -2.12. The number of nitrogens with one attached hydrogen (secondary N) is 1. The van der Waals surface area contributed by atoms with E-state index >= 15 is 0 Å². The molecule has 7 heteroatoms. The third-order valence-corrected chi connectivity index (χ3v) is 2.69. The lowest BCUT2D eigenvalue weighted by atomic mass is 10.1. The second-order valence-corrected chi connectivity index (χ2v) is 4.35. The van der Waals surface area contributed by atoms with E-state index in [0.717, 1.165) is 12.8 Å². The molecule has 0 unspecified atom stereocenters. The largest absolute Gasteiger partial charge is 0.411 e. The van der Waals surface area contributed by atoms with Crippen molar-refractivity contribution in [2.45, 2.75) is 25.4 Å². The number of hydrogen-bond acceptors (Lipinski definition) is 3. The zero-order valence-corrected chi connectivity index (χ0v) is 9.35. The molecule has 0 saturated heterocycles. The Labute approximate surface area is 97.1 Å². The Bertz CT molecular complexity index is 264. The Hall–Kier alpha value is -0.820. The minimum atomic E-state index is -4.36. The van der Waals surface area contributed by atoms with E-state index in [1.54, 1.807) is 0 Å². The van der Waals surface area contributed by atoms with Gasteiger partial charge < -0.3 is 15.2 Å². The molecule has 0 spiro atoms. The lowest BCUT2D eigenvalue weighted by molar-refractivity contribution is -0.174. The van der Waals surface area contributed by atoms with Gasteiger partial charge in [-0.25, -0.2) is 0 Å². The molecule has 0 bridgehead atoms. The van der Waals surface area contributed by atoms with E-state index in [2.05, 4.69) is 10.1 Å². The number of hydrogen-bond donors (Lipinski definition) is 2. The minimum Gasteiger partial charge on any atom is -0.396 e. The molecule has 0 heterocycles. The molecule has 0 radical (unpaired) electrons. The van der Waals surface area contributed by atoms with Crippen molar-refractivity contribution >= 4 is 5.91 Å². The van der Waals surface area contributed by atoms with Crippen LogP contribution in [0.15, 0.2) is 0 Å². The number of ether oxygens (including phenoxy) is 1. The molecule has 100 valence electrons. The molecule has 1 saturated carbocycles. The van der Waals surface area contributed by atoms with Crippen molar-refractivity contribution in [3.05, 3.63) is 0 Å². The average Bonchev–Trinajstić information content (AvgIpc) is 3.01. The van der Waals surface area contributed by atoms with Gasteiger partial charge in [-0.05, 0) is 12.8 Å². The van der Waals surface area contributed by atoms with Gasteiger partial charge in [-0.3, -0.25) is 4.79 Å². The topological polar surface area (TPSA) is 58.6 Å². The van der Waals surface area contributed by atoms with Crippen LogP contribution in [-0.2, 0) is 9.53 Å². The van der Waals surface area contributed by atoms with Crippen molar-refractivity contribution in [3.8, 4) is 0 Å². The van der Waals surface area contributed by atoms with Gasteiger partial charge in [0, 0.05) is 18.4 Å². The zero-order valence-electron chi connectivity index (χ0n) is 9.35. The normalized spacial score (nSPS) is 17.9. The summed E-state index contributed by atoms with van der Waals surface area (Å²) in [5.74, 6) is -0.355. The number of rotatable bonds is 7. The molecule has 0 aromatic heterocycles. The summed E-state index contributed by atoms with van der Waals surface area (Å²) < 4.78 is 39.4. The zero-order chi connectivity index (χ0) is 12.9. The molecule has 0 aromatic rings. The summed E-state index contributed by atoms with van der Waals surface area (Å²) in [5.41, 5.74) is -0.192. The number of halogens is 3. The second kappa shape index (κ2) is 5.68. The van der Waals surface area contributed by atoms with Crippen LogP contribution in [0.1, 0.15) is 19.3 Å². The van der Waals surface area contributed by atoms with Gasteiger partial charge in [0.2, 0.25) is 5.91 Å². The van der Waals surface area contributed by atoms with E-state index in [1.165, 1.54) is 0 Å². The smallest absolute Gasteiger partial charge is 0.396 e. The maximum atomic E-state index is 11.7. The van der Waals surface area contributed by atoms with Gasteiger partial charge in [-0.1, -0.05) is 0 Å². The van der Waals surface area contributed by atoms with Crippen molar-refractivity contribution in [2.75, 3.05) is 26.4 Å². The van der Waals surface area contributed by atoms with Crippen molar-refractivity contribution in [1.29, 1.82) is 0 Å². The summed E-state index contributed by atoms with van der Waals surface area (Å²) in [6.07, 6.45) is -2.72. The highest BCUT2D eigenvalue weighted by Crippen LogP contribution is 2.44. The van der Waals surface area contributed by atoms with E-state index in [-0.39, 0.29) is 31.0 Å². The molecule has 0 aliphatic heterocycles. The number of carbonyl (C=O) groups excluding carboxylic acids is 1. The van der Waals surface area contributed by atoms with E-state index < -0.39 is 12.8 Å². The van der Waals surface area contributed by atoms with Crippen LogP contribution >= 0.6 is 0 Å². The second-order valence-electron chi connectivity index (χ2n) is 4.35. The Morgan fingerprint density at radius 1 is 1.41 bits per heavy atom. The van der Waals surface area contributed by atoms with E-state index in [1.807, 2.05) is 0 Å². The molecule has 0 aromatic carbocycles. The summed E-state index contributed by atoms with van der Waals surface area (Å²) in [7, 11) is 0. The van der Waals surface area contributed by atoms with Gasteiger partial charge in [-0.2, -0.15) is 13.2 Å². The van der Waals surface area contributed by atoms with E-state index in [9.17, 15) is 18.0 Å². The van der Waals surface area contributed by atoms with Crippen LogP contribution in [0.2, 0.25) is 0 Å². The van der Waals surface area contributed by atoms with Crippen LogP contribution < -0.4 is 5.32 Å². The number of amides is 1. The molecule has 1 fully saturated rings. The van der Waals surface area contributed by atoms with Crippen LogP contribution in [-0.4, -0.2) is 43.6 Å². The summed E-state index contributed by atoms with van der Waals surface area (Å²) in [6.45, 7) is -1.18. The van der Waals surface area contributed by atoms with E-state index in [0.29, 0.717) is 6.54 Å². The van der Waals surface area contributed by atoms with Crippen LogP contribution in [0.25, 0.3) is 0 Å². The Morgan fingerprint density at radius 2 is 2.06 bits per heavy atom. The molecule has 2 N–H and O–H groups in total. The monoisotopic (exact) mass is 255 g/mol. The predicted octanol–water partition coefficient (Wildman–Crippen LogP) is 0.844. The number of carbonyl (C=O) groups is 1. The maximum Gasteiger partial charge on any atom is 0.411 e. The maximum absolute atomic E-state index is 11.7. The van der Waals surface area contributed by atoms with Crippen molar-refractivity contribution in [3.63, 3.8) is 0 Å². The summed E-state index contributed by atoms with van der Waals surface area (Å²) in [4.78, 5) is 11.2.